The molecule has 2 heterocycles. The van der Waals surface area contributed by atoms with Gasteiger partial charge in [0.2, 0.25) is 6.41 Å². The number of aromatic nitrogens is 2. The molecule has 1 aromatic rings. The Morgan fingerprint density at radius 1 is 1.45 bits per heavy atom. The lowest BCUT2D eigenvalue weighted by molar-refractivity contribution is -0.120. The number of carbonyl (C=O) groups is 1. The van der Waals surface area contributed by atoms with Crippen LogP contribution in [-0.2, 0) is 9.63 Å². The zero-order chi connectivity index (χ0) is 16.3. The van der Waals surface area contributed by atoms with Gasteiger partial charge in [-0.1, -0.05) is 0 Å². The maximum Gasteiger partial charge on any atom is 0.239 e. The number of carbonyl (C=O) groups excluding carboxylic acids is 1. The maximum absolute atomic E-state index is 11.5. The van der Waals surface area contributed by atoms with Crippen LogP contribution in [0.2, 0.25) is 0 Å². The van der Waals surface area contributed by atoms with Crippen LogP contribution in [0.25, 0.3) is 0 Å². The molecule has 0 aromatic carbocycles. The number of anilines is 1. The quantitative estimate of drug-likeness (QED) is 0.676. The second-order valence-corrected chi connectivity index (χ2v) is 6.46. The third-order valence-electron chi connectivity index (χ3n) is 3.50. The van der Waals surface area contributed by atoms with Crippen molar-refractivity contribution < 1.29 is 9.63 Å². The van der Waals surface area contributed by atoms with Crippen LogP contribution >= 0.6 is 0 Å². The van der Waals surface area contributed by atoms with E-state index in [1.165, 1.54) is 0 Å². The van der Waals surface area contributed by atoms with E-state index >= 15 is 0 Å². The molecule has 0 unspecified atom stereocenters. The van der Waals surface area contributed by atoms with Crippen molar-refractivity contribution in [2.45, 2.75) is 52.2 Å². The smallest absolute Gasteiger partial charge is 0.239 e. The second kappa shape index (κ2) is 6.46. The zero-order valence-electron chi connectivity index (χ0n) is 13.6. The summed E-state index contributed by atoms with van der Waals surface area (Å²) in [5.74, 6) is 0.428. The van der Waals surface area contributed by atoms with Crippen LogP contribution in [0.4, 0.5) is 5.82 Å². The first-order valence-electron chi connectivity index (χ1n) is 7.51. The summed E-state index contributed by atoms with van der Waals surface area (Å²) in [6.07, 6.45) is 2.41. The number of rotatable bonds is 4. The zero-order valence-corrected chi connectivity index (χ0v) is 13.6. The van der Waals surface area contributed by atoms with Crippen molar-refractivity contribution in [1.29, 1.82) is 5.26 Å². The number of amides is 1. The standard InChI is InChI=1S/C15H23N5O2/c1-11-13(9-16)14(19(10-21)22-15(2,3)4)20(18-11)12-5-7-17-8-6-12/h10,12,17H,5-8H2,1-4H3. The summed E-state index contributed by atoms with van der Waals surface area (Å²) < 4.78 is 1.77. The maximum atomic E-state index is 11.5. The van der Waals surface area contributed by atoms with Crippen molar-refractivity contribution >= 4 is 12.2 Å². The molecule has 1 amide bonds. The van der Waals surface area contributed by atoms with Gasteiger partial charge in [0.15, 0.2) is 5.82 Å². The first kappa shape index (κ1) is 16.5. The molecule has 1 aliphatic rings. The molecular formula is C15H23N5O2. The van der Waals surface area contributed by atoms with E-state index < -0.39 is 5.60 Å². The Labute approximate surface area is 130 Å². The average Bonchev–Trinajstić information content (AvgIpc) is 2.81. The fourth-order valence-electron chi connectivity index (χ4n) is 2.59. The van der Waals surface area contributed by atoms with Crippen LogP contribution in [0, 0.1) is 18.3 Å². The van der Waals surface area contributed by atoms with Gasteiger partial charge in [-0.25, -0.2) is 4.68 Å². The van der Waals surface area contributed by atoms with Crippen LogP contribution in [0.3, 0.4) is 0 Å². The molecule has 22 heavy (non-hydrogen) atoms. The van der Waals surface area contributed by atoms with Gasteiger partial charge in [0, 0.05) is 0 Å². The Morgan fingerprint density at radius 3 is 2.59 bits per heavy atom. The van der Waals surface area contributed by atoms with Gasteiger partial charge in [0.1, 0.15) is 11.6 Å². The molecule has 2 rings (SSSR count). The topological polar surface area (TPSA) is 83.2 Å². The van der Waals surface area contributed by atoms with Gasteiger partial charge < -0.3 is 5.32 Å². The van der Waals surface area contributed by atoms with E-state index in [-0.39, 0.29) is 6.04 Å². The number of nitrogens with one attached hydrogen (secondary N) is 1. The molecule has 1 saturated heterocycles. The second-order valence-electron chi connectivity index (χ2n) is 6.46. The van der Waals surface area contributed by atoms with E-state index in [2.05, 4.69) is 16.5 Å². The van der Waals surface area contributed by atoms with Crippen LogP contribution < -0.4 is 10.4 Å². The number of hydroxylamine groups is 1. The molecule has 0 spiro atoms. The fraction of sp³-hybridized carbons (Fsp3) is 0.667. The number of hydrogen-bond acceptors (Lipinski definition) is 5. The van der Waals surface area contributed by atoms with Crippen LogP contribution in [0.1, 0.15) is 50.9 Å². The highest BCUT2D eigenvalue weighted by Crippen LogP contribution is 2.31. The molecule has 0 radical (unpaired) electrons. The van der Waals surface area contributed by atoms with Crippen LogP contribution in [0.5, 0.6) is 0 Å². The van der Waals surface area contributed by atoms with Crippen molar-refractivity contribution in [3.8, 4) is 6.07 Å². The molecule has 7 heteroatoms. The highest BCUT2D eigenvalue weighted by Gasteiger charge is 2.29. The molecule has 0 aliphatic carbocycles. The number of nitriles is 1. The Balaban J connectivity index is 2.46. The Morgan fingerprint density at radius 2 is 2.09 bits per heavy atom. The SMILES string of the molecule is Cc1nn(C2CCNCC2)c(N(C=O)OC(C)(C)C)c1C#N. The number of nitrogens with zero attached hydrogens (tertiary/aromatic N) is 4. The minimum Gasteiger partial charge on any atom is -0.317 e. The van der Waals surface area contributed by atoms with E-state index in [0.717, 1.165) is 31.0 Å². The molecule has 0 atom stereocenters. The minimum atomic E-state index is -0.551. The highest BCUT2D eigenvalue weighted by atomic mass is 16.7. The average molecular weight is 305 g/mol. The lowest BCUT2D eigenvalue weighted by atomic mass is 10.1. The molecule has 1 N–H and O–H groups in total. The van der Waals surface area contributed by atoms with E-state index in [1.807, 2.05) is 20.8 Å². The molecule has 0 bridgehead atoms. The van der Waals surface area contributed by atoms with Crippen LogP contribution in [0.15, 0.2) is 0 Å². The summed E-state index contributed by atoms with van der Waals surface area (Å²) in [5.41, 5.74) is 0.445. The Hall–Kier alpha value is -1.91. The summed E-state index contributed by atoms with van der Waals surface area (Å²) in [5, 5.41) is 18.4. The van der Waals surface area contributed by atoms with Crippen molar-refractivity contribution in [3.05, 3.63) is 11.3 Å². The van der Waals surface area contributed by atoms with Crippen molar-refractivity contribution in [2.75, 3.05) is 18.2 Å². The third kappa shape index (κ3) is 3.46. The molecular weight excluding hydrogens is 282 g/mol. The van der Waals surface area contributed by atoms with Gasteiger partial charge in [-0.3, -0.25) is 9.63 Å². The van der Waals surface area contributed by atoms with Gasteiger partial charge >= 0.3 is 0 Å². The highest BCUT2D eigenvalue weighted by molar-refractivity contribution is 5.74. The molecule has 0 saturated carbocycles. The predicted molar refractivity (Wildman–Crippen MR) is 82.2 cm³/mol. The van der Waals surface area contributed by atoms with E-state index in [0.29, 0.717) is 23.5 Å². The predicted octanol–water partition coefficient (Wildman–Crippen LogP) is 1.68. The number of hydrogen-bond donors (Lipinski definition) is 1. The fourth-order valence-corrected chi connectivity index (χ4v) is 2.59. The van der Waals surface area contributed by atoms with E-state index in [9.17, 15) is 10.1 Å². The summed E-state index contributed by atoms with van der Waals surface area (Å²) in [7, 11) is 0. The monoisotopic (exact) mass is 305 g/mol. The normalized spacial score (nSPS) is 16.3. The number of aryl methyl sites for hydroxylation is 1. The molecule has 7 nitrogen and oxygen atoms in total. The Kier molecular flexibility index (Phi) is 4.84. The first-order valence-corrected chi connectivity index (χ1v) is 7.51. The molecule has 1 aromatic heterocycles. The van der Waals surface area contributed by atoms with Gasteiger partial charge in [-0.2, -0.15) is 15.4 Å². The molecule has 1 aliphatic heterocycles. The van der Waals surface area contributed by atoms with Gasteiger partial charge in [-0.15, -0.1) is 0 Å². The lowest BCUT2D eigenvalue weighted by Crippen LogP contribution is -2.36. The molecule has 1 fully saturated rings. The van der Waals surface area contributed by atoms with Crippen LogP contribution in [-0.4, -0.2) is 34.9 Å². The third-order valence-corrected chi connectivity index (χ3v) is 3.50. The Bertz CT molecular complexity index is 576. The van der Waals surface area contributed by atoms with Gasteiger partial charge in [0.05, 0.1) is 17.3 Å². The van der Waals surface area contributed by atoms with Crippen molar-refractivity contribution in [3.63, 3.8) is 0 Å². The van der Waals surface area contributed by atoms with Gasteiger partial charge in [0.25, 0.3) is 0 Å². The van der Waals surface area contributed by atoms with E-state index in [1.54, 1.807) is 11.6 Å². The van der Waals surface area contributed by atoms with Gasteiger partial charge in [-0.05, 0) is 53.6 Å². The van der Waals surface area contributed by atoms with E-state index in [4.69, 9.17) is 4.84 Å². The largest absolute Gasteiger partial charge is 0.317 e. The minimum absolute atomic E-state index is 0.156. The number of piperidine rings is 1. The summed E-state index contributed by atoms with van der Waals surface area (Å²) >= 11 is 0. The lowest BCUT2D eigenvalue weighted by Gasteiger charge is -2.30. The molecule has 120 valence electrons. The van der Waals surface area contributed by atoms with Crippen molar-refractivity contribution in [2.24, 2.45) is 0 Å². The summed E-state index contributed by atoms with van der Waals surface area (Å²) in [6.45, 7) is 9.13. The summed E-state index contributed by atoms with van der Waals surface area (Å²) in [4.78, 5) is 17.2. The van der Waals surface area contributed by atoms with Crippen molar-refractivity contribution in [1.82, 2.24) is 15.1 Å². The first-order chi connectivity index (χ1) is 10.4. The summed E-state index contributed by atoms with van der Waals surface area (Å²) in [6, 6.07) is 2.30.